The lowest BCUT2D eigenvalue weighted by Crippen LogP contribution is -2.22. The maximum atomic E-state index is 12.3. The third-order valence-electron chi connectivity index (χ3n) is 3.32. The average molecular weight is 371 g/mol. The van der Waals surface area contributed by atoms with Crippen LogP contribution in [0.1, 0.15) is 6.92 Å². The van der Waals surface area contributed by atoms with Gasteiger partial charge in [0.15, 0.2) is 0 Å². The number of nitro benzene ring substituents is 1. The summed E-state index contributed by atoms with van der Waals surface area (Å²) in [7, 11) is 0. The first-order chi connectivity index (χ1) is 12.5. The molecule has 0 aliphatic heterocycles. The van der Waals surface area contributed by atoms with E-state index < -0.39 is 16.1 Å². The summed E-state index contributed by atoms with van der Waals surface area (Å²) < 4.78 is 5.52. The van der Waals surface area contributed by atoms with Crippen molar-refractivity contribution in [2.24, 2.45) is 0 Å². The Hall–Kier alpha value is -3.27. The summed E-state index contributed by atoms with van der Waals surface area (Å²) in [5.74, 6) is -0.114. The molecule has 2 heterocycles. The van der Waals surface area contributed by atoms with Crippen LogP contribution in [0.3, 0.4) is 0 Å². The smallest absolute Gasteiger partial charge is 0.292 e. The van der Waals surface area contributed by atoms with E-state index in [0.29, 0.717) is 11.5 Å². The number of hydrogen-bond acceptors (Lipinski definition) is 8. The quantitative estimate of drug-likeness (QED) is 0.398. The maximum absolute atomic E-state index is 12.3. The topological polar surface area (TPSA) is 124 Å². The van der Waals surface area contributed by atoms with Crippen molar-refractivity contribution in [3.8, 4) is 11.5 Å². The molecule has 9 nitrogen and oxygen atoms in total. The second-order valence-electron chi connectivity index (χ2n) is 5.14. The highest BCUT2D eigenvalue weighted by atomic mass is 32.2. The van der Waals surface area contributed by atoms with Gasteiger partial charge < -0.3 is 9.73 Å². The number of carbonyl (C=O) groups is 1. The van der Waals surface area contributed by atoms with Crippen molar-refractivity contribution in [2.75, 3.05) is 5.32 Å². The number of pyridine rings is 1. The van der Waals surface area contributed by atoms with Gasteiger partial charge in [0.25, 0.3) is 10.9 Å². The van der Waals surface area contributed by atoms with E-state index >= 15 is 0 Å². The normalized spacial score (nSPS) is 11.7. The van der Waals surface area contributed by atoms with Crippen molar-refractivity contribution in [1.82, 2.24) is 15.2 Å². The number of anilines is 1. The number of aromatic nitrogens is 3. The van der Waals surface area contributed by atoms with Crippen LogP contribution in [0, 0.1) is 10.1 Å². The molecule has 0 aliphatic carbocycles. The first-order valence-electron chi connectivity index (χ1n) is 7.49. The first-order valence-corrected chi connectivity index (χ1v) is 8.37. The fourth-order valence-electron chi connectivity index (χ4n) is 2.04. The summed E-state index contributed by atoms with van der Waals surface area (Å²) in [6.07, 6.45) is 3.22. The molecular weight excluding hydrogens is 358 g/mol. The van der Waals surface area contributed by atoms with Crippen molar-refractivity contribution in [3.63, 3.8) is 0 Å². The van der Waals surface area contributed by atoms with Crippen molar-refractivity contribution < 1.29 is 14.1 Å². The molecule has 0 saturated heterocycles. The van der Waals surface area contributed by atoms with E-state index in [2.05, 4.69) is 20.5 Å². The Balaban J connectivity index is 1.67. The molecule has 1 N–H and O–H groups in total. The molecule has 0 radical (unpaired) electrons. The second kappa shape index (κ2) is 7.74. The van der Waals surface area contributed by atoms with E-state index in [1.807, 2.05) is 0 Å². The Morgan fingerprint density at radius 1 is 1.27 bits per heavy atom. The van der Waals surface area contributed by atoms with Crippen molar-refractivity contribution >= 4 is 29.0 Å². The van der Waals surface area contributed by atoms with Gasteiger partial charge in [-0.3, -0.25) is 19.9 Å². The Labute approximate surface area is 152 Å². The number of nitrogens with one attached hydrogen (secondary N) is 1. The lowest BCUT2D eigenvalue weighted by Gasteiger charge is -2.09. The zero-order valence-electron chi connectivity index (χ0n) is 13.5. The van der Waals surface area contributed by atoms with Gasteiger partial charge in [-0.25, -0.2) is 0 Å². The third-order valence-corrected chi connectivity index (χ3v) is 4.25. The number of benzene rings is 1. The molecule has 0 spiro atoms. The van der Waals surface area contributed by atoms with Crippen LogP contribution < -0.4 is 5.32 Å². The minimum atomic E-state index is -0.600. The minimum absolute atomic E-state index is 0.136. The Bertz CT molecular complexity index is 931. The Kier molecular flexibility index (Phi) is 5.23. The van der Waals surface area contributed by atoms with Crippen molar-refractivity contribution in [1.29, 1.82) is 0 Å². The maximum Gasteiger partial charge on any atom is 0.292 e. The van der Waals surface area contributed by atoms with Crippen LogP contribution in [-0.2, 0) is 4.79 Å². The number of nitrogens with zero attached hydrogens (tertiary/aromatic N) is 4. The summed E-state index contributed by atoms with van der Waals surface area (Å²) in [4.78, 5) is 26.8. The molecule has 10 heteroatoms. The molecule has 3 rings (SSSR count). The predicted octanol–water partition coefficient (Wildman–Crippen LogP) is 3.16. The first kappa shape index (κ1) is 17.5. The number of rotatable bonds is 6. The molecule has 1 aromatic carbocycles. The molecule has 0 bridgehead atoms. The summed E-state index contributed by atoms with van der Waals surface area (Å²) in [6, 6.07) is 9.46. The lowest BCUT2D eigenvalue weighted by molar-refractivity contribution is -0.383. The fourth-order valence-corrected chi connectivity index (χ4v) is 2.72. The number of thioether (sulfide) groups is 1. The van der Waals surface area contributed by atoms with Gasteiger partial charge >= 0.3 is 0 Å². The van der Waals surface area contributed by atoms with Gasteiger partial charge in [-0.15, -0.1) is 10.2 Å². The molecule has 132 valence electrons. The highest BCUT2D eigenvalue weighted by Crippen LogP contribution is 2.28. The molecular formula is C16H13N5O4S. The highest BCUT2D eigenvalue weighted by molar-refractivity contribution is 8.00. The van der Waals surface area contributed by atoms with Gasteiger partial charge in [-0.05, 0) is 25.1 Å². The standard InChI is InChI=1S/C16H13N5O4S/c1-10(14(22)18-12-6-2-3-7-13(12)21(23)24)26-16-20-19-15(25-16)11-5-4-8-17-9-11/h2-10H,1H3,(H,18,22)/t10-/m0/s1. The summed E-state index contributed by atoms with van der Waals surface area (Å²) in [5.41, 5.74) is 0.634. The highest BCUT2D eigenvalue weighted by Gasteiger charge is 2.22. The van der Waals surface area contributed by atoms with Gasteiger partial charge in [0.1, 0.15) is 5.69 Å². The number of nitro groups is 1. The van der Waals surface area contributed by atoms with E-state index in [9.17, 15) is 14.9 Å². The zero-order valence-corrected chi connectivity index (χ0v) is 14.3. The number of carbonyl (C=O) groups excluding carboxylic acids is 1. The van der Waals surface area contributed by atoms with Gasteiger partial charge in [-0.1, -0.05) is 23.9 Å². The largest absolute Gasteiger partial charge is 0.411 e. The number of para-hydroxylation sites is 2. The summed E-state index contributed by atoms with van der Waals surface area (Å²) >= 11 is 1.06. The van der Waals surface area contributed by atoms with Gasteiger partial charge in [0, 0.05) is 18.5 Å². The van der Waals surface area contributed by atoms with Gasteiger partial charge in [0.05, 0.1) is 15.7 Å². The molecule has 0 unspecified atom stereocenters. The lowest BCUT2D eigenvalue weighted by atomic mass is 10.2. The van der Waals surface area contributed by atoms with E-state index in [1.54, 1.807) is 37.5 Å². The molecule has 26 heavy (non-hydrogen) atoms. The zero-order chi connectivity index (χ0) is 18.5. The predicted molar refractivity (Wildman–Crippen MR) is 94.6 cm³/mol. The summed E-state index contributed by atoms with van der Waals surface area (Å²) in [5, 5.41) is 21.0. The molecule has 0 aliphatic rings. The van der Waals surface area contributed by atoms with E-state index in [1.165, 1.54) is 18.2 Å². The molecule has 0 saturated carbocycles. The van der Waals surface area contributed by atoms with Crippen molar-refractivity contribution in [3.05, 3.63) is 58.9 Å². The molecule has 3 aromatic rings. The average Bonchev–Trinajstić information content (AvgIpc) is 3.11. The molecule has 2 aromatic heterocycles. The van der Waals surface area contributed by atoms with E-state index in [0.717, 1.165) is 11.8 Å². The van der Waals surface area contributed by atoms with Crippen LogP contribution in [0.15, 0.2) is 58.4 Å². The van der Waals surface area contributed by atoms with E-state index in [-0.39, 0.29) is 16.6 Å². The SMILES string of the molecule is C[C@H](Sc1nnc(-c2cccnc2)o1)C(=O)Nc1ccccc1[N+](=O)[O-]. The monoisotopic (exact) mass is 371 g/mol. The van der Waals surface area contributed by atoms with Crippen LogP contribution in [0.5, 0.6) is 0 Å². The summed E-state index contributed by atoms with van der Waals surface area (Å²) in [6.45, 7) is 1.64. The Morgan fingerprint density at radius 3 is 2.81 bits per heavy atom. The van der Waals surface area contributed by atoms with Gasteiger partial charge in [0.2, 0.25) is 11.8 Å². The van der Waals surface area contributed by atoms with Gasteiger partial charge in [-0.2, -0.15) is 0 Å². The molecule has 1 amide bonds. The fraction of sp³-hybridized carbons (Fsp3) is 0.125. The van der Waals surface area contributed by atoms with E-state index in [4.69, 9.17) is 4.42 Å². The van der Waals surface area contributed by atoms with Crippen LogP contribution in [0.4, 0.5) is 11.4 Å². The molecule has 1 atom stereocenters. The van der Waals surface area contributed by atoms with Crippen LogP contribution in [0.25, 0.3) is 11.5 Å². The second-order valence-corrected chi connectivity index (χ2v) is 6.43. The Morgan fingerprint density at radius 2 is 2.08 bits per heavy atom. The van der Waals surface area contributed by atoms with Crippen LogP contribution in [0.2, 0.25) is 0 Å². The van der Waals surface area contributed by atoms with Crippen molar-refractivity contribution in [2.45, 2.75) is 17.4 Å². The number of amides is 1. The third kappa shape index (κ3) is 4.03. The van der Waals surface area contributed by atoms with Crippen LogP contribution >= 0.6 is 11.8 Å². The minimum Gasteiger partial charge on any atom is -0.411 e. The number of hydrogen-bond donors (Lipinski definition) is 1. The van der Waals surface area contributed by atoms with Crippen LogP contribution in [-0.4, -0.2) is 31.3 Å². The molecule has 0 fully saturated rings.